The van der Waals surface area contributed by atoms with Crippen LogP contribution in [0.4, 0.5) is 5.69 Å². The molecule has 1 atom stereocenters. The van der Waals surface area contributed by atoms with Gasteiger partial charge in [0.2, 0.25) is 5.91 Å². The molecule has 2 aromatic rings. The summed E-state index contributed by atoms with van der Waals surface area (Å²) in [6.07, 6.45) is 1.59. The Morgan fingerprint density at radius 2 is 1.56 bits per heavy atom. The minimum absolute atomic E-state index is 0.0430. The molecule has 32 heavy (non-hydrogen) atoms. The normalized spacial score (nSPS) is 16.5. The highest BCUT2D eigenvalue weighted by Crippen LogP contribution is 2.40. The predicted molar refractivity (Wildman–Crippen MR) is 124 cm³/mol. The maximum absolute atomic E-state index is 12.8. The molecule has 1 aliphatic heterocycles. The van der Waals surface area contributed by atoms with E-state index in [4.69, 9.17) is 20.9 Å². The van der Waals surface area contributed by atoms with Gasteiger partial charge in [-0.3, -0.25) is 4.79 Å². The summed E-state index contributed by atoms with van der Waals surface area (Å²) >= 11 is 0. The molecule has 168 valence electrons. The van der Waals surface area contributed by atoms with Crippen LogP contribution in [0.2, 0.25) is 0 Å². The number of nitrogens with zero attached hydrogens (tertiary/aromatic N) is 1. The second-order valence-corrected chi connectivity index (χ2v) is 8.61. The molecule has 0 fully saturated rings. The summed E-state index contributed by atoms with van der Waals surface area (Å²) in [6, 6.07) is 14.8. The smallest absolute Gasteiger partial charge is 0.336 e. The van der Waals surface area contributed by atoms with Gasteiger partial charge in [0.15, 0.2) is 0 Å². The van der Waals surface area contributed by atoms with Crippen molar-refractivity contribution in [3.8, 4) is 5.75 Å². The van der Waals surface area contributed by atoms with Crippen molar-refractivity contribution in [2.45, 2.75) is 32.1 Å². The lowest BCUT2D eigenvalue weighted by Crippen LogP contribution is -2.37. The number of amides is 1. The van der Waals surface area contributed by atoms with Crippen molar-refractivity contribution in [1.29, 1.82) is 0 Å². The molecule has 1 unspecified atom stereocenters. The zero-order valence-corrected chi connectivity index (χ0v) is 19.0. The molecule has 4 N–H and O–H groups in total. The molecular formula is C25H29N3O4. The van der Waals surface area contributed by atoms with E-state index in [1.54, 1.807) is 42.5 Å². The molecule has 7 heteroatoms. The molecule has 0 radical (unpaired) electrons. The van der Waals surface area contributed by atoms with Crippen LogP contribution in [0.5, 0.6) is 5.75 Å². The van der Waals surface area contributed by atoms with Crippen LogP contribution in [0, 0.1) is 0 Å². The Bertz CT molecular complexity index is 1080. The number of rotatable bonds is 5. The lowest BCUT2D eigenvalue weighted by molar-refractivity contribution is -0.136. The van der Waals surface area contributed by atoms with Gasteiger partial charge in [-0.05, 0) is 40.8 Å². The number of methoxy groups -OCH3 is 2. The van der Waals surface area contributed by atoms with Crippen molar-refractivity contribution < 1.29 is 19.1 Å². The van der Waals surface area contributed by atoms with Crippen LogP contribution >= 0.6 is 0 Å². The van der Waals surface area contributed by atoms with Crippen molar-refractivity contribution in [2.75, 3.05) is 19.1 Å². The Balaban J connectivity index is 2.17. The zero-order valence-electron chi connectivity index (χ0n) is 19.0. The van der Waals surface area contributed by atoms with Gasteiger partial charge in [0.1, 0.15) is 11.6 Å². The predicted octanol–water partition coefficient (Wildman–Crippen LogP) is 3.31. The number of anilines is 1. The molecule has 1 aliphatic rings. The third-order valence-corrected chi connectivity index (χ3v) is 5.55. The molecule has 0 aliphatic carbocycles. The molecule has 0 aromatic heterocycles. The van der Waals surface area contributed by atoms with Gasteiger partial charge >= 0.3 is 5.97 Å². The lowest BCUT2D eigenvalue weighted by Gasteiger charge is -2.33. The molecular weight excluding hydrogens is 406 g/mol. The van der Waals surface area contributed by atoms with Crippen LogP contribution in [0.3, 0.4) is 0 Å². The monoisotopic (exact) mass is 435 g/mol. The summed E-state index contributed by atoms with van der Waals surface area (Å²) < 4.78 is 10.2. The number of carbonyl (C=O) groups is 2. The molecule has 2 aromatic carbocycles. The molecule has 0 saturated heterocycles. The van der Waals surface area contributed by atoms with Gasteiger partial charge in [-0.2, -0.15) is 0 Å². The fourth-order valence-electron chi connectivity index (χ4n) is 3.75. The number of ether oxygens (including phenoxy) is 2. The van der Waals surface area contributed by atoms with Gasteiger partial charge in [-0.15, -0.1) is 0 Å². The van der Waals surface area contributed by atoms with E-state index < -0.39 is 17.8 Å². The van der Waals surface area contributed by atoms with Crippen LogP contribution in [0.1, 0.15) is 37.8 Å². The minimum atomic E-state index is -0.747. The van der Waals surface area contributed by atoms with E-state index in [2.05, 4.69) is 20.8 Å². The average Bonchev–Trinajstić information content (AvgIpc) is 2.77. The zero-order chi connectivity index (χ0) is 23.6. The summed E-state index contributed by atoms with van der Waals surface area (Å²) in [5.41, 5.74) is 15.0. The molecule has 0 saturated carbocycles. The lowest BCUT2D eigenvalue weighted by atomic mass is 9.80. The van der Waals surface area contributed by atoms with E-state index in [9.17, 15) is 9.59 Å². The van der Waals surface area contributed by atoms with E-state index in [-0.39, 0.29) is 22.4 Å². The minimum Gasteiger partial charge on any atom is -0.497 e. The molecule has 1 amide bonds. The Morgan fingerprint density at radius 1 is 0.969 bits per heavy atom. The first kappa shape index (κ1) is 22.9. The van der Waals surface area contributed by atoms with Crippen molar-refractivity contribution in [3.05, 3.63) is 82.8 Å². The maximum atomic E-state index is 12.8. The molecule has 0 bridgehead atoms. The summed E-state index contributed by atoms with van der Waals surface area (Å²) in [5.74, 6) is -1.21. The van der Waals surface area contributed by atoms with E-state index in [0.717, 1.165) is 11.1 Å². The van der Waals surface area contributed by atoms with Crippen LogP contribution in [-0.2, 0) is 19.7 Å². The average molecular weight is 436 g/mol. The van der Waals surface area contributed by atoms with E-state index in [0.29, 0.717) is 11.4 Å². The quantitative estimate of drug-likeness (QED) is 0.698. The largest absolute Gasteiger partial charge is 0.497 e. The van der Waals surface area contributed by atoms with Crippen molar-refractivity contribution >= 4 is 17.6 Å². The van der Waals surface area contributed by atoms with Crippen molar-refractivity contribution in [1.82, 2.24) is 0 Å². The standard InChI is InChI=1S/C25H29N3O4/c1-25(2,3)16-8-6-15(7-9-16)20-19(24(30)32-5)14-28(22(26)21(20)23(27)29)17-10-12-18(31-4)13-11-17/h6-14,20H,26H2,1-5H3,(H2,27,29). The molecule has 1 heterocycles. The van der Waals surface area contributed by atoms with Gasteiger partial charge in [-0.25, -0.2) is 4.79 Å². The van der Waals surface area contributed by atoms with E-state index in [1.165, 1.54) is 7.11 Å². The Hall–Kier alpha value is -3.74. The van der Waals surface area contributed by atoms with E-state index >= 15 is 0 Å². The van der Waals surface area contributed by atoms with Crippen molar-refractivity contribution in [3.63, 3.8) is 0 Å². The first-order valence-corrected chi connectivity index (χ1v) is 10.2. The third kappa shape index (κ3) is 4.32. The van der Waals surface area contributed by atoms with Crippen LogP contribution in [0.25, 0.3) is 0 Å². The number of esters is 1. The Labute approximate surface area is 188 Å². The highest BCUT2D eigenvalue weighted by atomic mass is 16.5. The molecule has 7 nitrogen and oxygen atoms in total. The maximum Gasteiger partial charge on any atom is 0.336 e. The Kier molecular flexibility index (Phi) is 6.30. The summed E-state index contributed by atoms with van der Waals surface area (Å²) in [5, 5.41) is 0. The van der Waals surface area contributed by atoms with Crippen molar-refractivity contribution in [2.24, 2.45) is 11.5 Å². The van der Waals surface area contributed by atoms with Crippen LogP contribution < -0.4 is 21.1 Å². The number of carbonyl (C=O) groups excluding carboxylic acids is 2. The first-order valence-electron chi connectivity index (χ1n) is 10.2. The summed E-state index contributed by atoms with van der Waals surface area (Å²) in [6.45, 7) is 6.34. The van der Waals surface area contributed by atoms with Gasteiger partial charge in [-0.1, -0.05) is 45.0 Å². The highest BCUT2D eigenvalue weighted by Gasteiger charge is 2.37. The summed E-state index contributed by atoms with van der Waals surface area (Å²) in [4.78, 5) is 26.9. The number of primary amides is 1. The number of benzene rings is 2. The fraction of sp³-hybridized carbons (Fsp3) is 0.280. The van der Waals surface area contributed by atoms with Gasteiger partial charge in [0.05, 0.1) is 31.3 Å². The second-order valence-electron chi connectivity index (χ2n) is 8.61. The van der Waals surface area contributed by atoms with Gasteiger partial charge in [0, 0.05) is 11.9 Å². The van der Waals surface area contributed by atoms with Gasteiger partial charge < -0.3 is 25.8 Å². The number of nitrogens with two attached hydrogens (primary N) is 2. The SMILES string of the molecule is COC(=O)C1=CN(c2ccc(OC)cc2)C(N)=C(C(N)=O)C1c1ccc(C(C)(C)C)cc1. The van der Waals surface area contributed by atoms with Crippen LogP contribution in [-0.4, -0.2) is 26.1 Å². The first-order chi connectivity index (χ1) is 15.1. The Morgan fingerprint density at radius 3 is 2.03 bits per heavy atom. The van der Waals surface area contributed by atoms with Crippen LogP contribution in [0.15, 0.2) is 71.7 Å². The number of hydrogen-bond acceptors (Lipinski definition) is 6. The highest BCUT2D eigenvalue weighted by molar-refractivity contribution is 6.02. The topological polar surface area (TPSA) is 108 Å². The van der Waals surface area contributed by atoms with E-state index in [1.807, 2.05) is 24.3 Å². The molecule has 3 rings (SSSR count). The summed E-state index contributed by atoms with van der Waals surface area (Å²) in [7, 11) is 2.87. The fourth-order valence-corrected chi connectivity index (χ4v) is 3.75. The molecule has 0 spiro atoms. The second kappa shape index (κ2) is 8.78. The number of hydrogen-bond donors (Lipinski definition) is 2. The third-order valence-electron chi connectivity index (χ3n) is 5.55. The van der Waals surface area contributed by atoms with Gasteiger partial charge in [0.25, 0.3) is 0 Å².